The summed E-state index contributed by atoms with van der Waals surface area (Å²) in [6.07, 6.45) is 0. The number of para-hydroxylation sites is 1. The van der Waals surface area contributed by atoms with E-state index in [9.17, 15) is 4.79 Å². The van der Waals surface area contributed by atoms with Gasteiger partial charge in [-0.05, 0) is 22.6 Å². The number of amides is 1. The van der Waals surface area contributed by atoms with Gasteiger partial charge in [0.1, 0.15) is 0 Å². The largest absolute Gasteiger partial charge is 0.376 e. The van der Waals surface area contributed by atoms with E-state index in [4.69, 9.17) is 0 Å². The minimum atomic E-state index is 0.0442. The van der Waals surface area contributed by atoms with Crippen LogP contribution in [0.1, 0.15) is 31.9 Å². The number of benzene rings is 2. The molecule has 0 aliphatic heterocycles. The highest BCUT2D eigenvalue weighted by Gasteiger charge is 2.18. The molecule has 0 spiro atoms. The predicted molar refractivity (Wildman–Crippen MR) is 96.5 cm³/mol. The zero-order chi connectivity index (χ0) is 16.9. The van der Waals surface area contributed by atoms with Crippen molar-refractivity contribution in [1.29, 1.82) is 0 Å². The van der Waals surface area contributed by atoms with E-state index in [0.717, 1.165) is 11.3 Å². The van der Waals surface area contributed by atoms with Gasteiger partial charge in [0.25, 0.3) is 0 Å². The van der Waals surface area contributed by atoms with Crippen LogP contribution in [-0.4, -0.2) is 24.4 Å². The highest BCUT2D eigenvalue weighted by Crippen LogP contribution is 2.29. The van der Waals surface area contributed by atoms with Crippen molar-refractivity contribution in [3.8, 4) is 0 Å². The predicted octanol–water partition coefficient (Wildman–Crippen LogP) is 4.05. The summed E-state index contributed by atoms with van der Waals surface area (Å²) < 4.78 is 0. The van der Waals surface area contributed by atoms with Gasteiger partial charge in [0, 0.05) is 19.3 Å². The molecule has 23 heavy (non-hydrogen) atoms. The molecule has 0 atom stereocenters. The summed E-state index contributed by atoms with van der Waals surface area (Å²) in [5.74, 6) is 0.0811. The van der Waals surface area contributed by atoms with E-state index in [2.05, 4.69) is 32.2 Å². The molecule has 0 saturated heterocycles. The van der Waals surface area contributed by atoms with E-state index >= 15 is 0 Å². The van der Waals surface area contributed by atoms with Crippen LogP contribution in [0.2, 0.25) is 0 Å². The van der Waals surface area contributed by atoms with Crippen LogP contribution >= 0.6 is 0 Å². The van der Waals surface area contributed by atoms with Crippen molar-refractivity contribution in [2.75, 3.05) is 18.9 Å². The van der Waals surface area contributed by atoms with Crippen LogP contribution in [0.25, 0.3) is 0 Å². The van der Waals surface area contributed by atoms with Crippen LogP contribution in [0.3, 0.4) is 0 Å². The van der Waals surface area contributed by atoms with Crippen LogP contribution in [-0.2, 0) is 16.8 Å². The van der Waals surface area contributed by atoms with E-state index < -0.39 is 0 Å². The lowest BCUT2D eigenvalue weighted by atomic mass is 9.86. The molecule has 0 bridgehead atoms. The van der Waals surface area contributed by atoms with Crippen LogP contribution in [0, 0.1) is 0 Å². The molecular weight excluding hydrogens is 284 g/mol. The van der Waals surface area contributed by atoms with Gasteiger partial charge in [-0.15, -0.1) is 0 Å². The first-order chi connectivity index (χ1) is 10.9. The number of hydrogen-bond donors (Lipinski definition) is 1. The second-order valence-electron chi connectivity index (χ2n) is 6.88. The molecule has 0 fully saturated rings. The summed E-state index contributed by atoms with van der Waals surface area (Å²) in [5.41, 5.74) is 3.43. The van der Waals surface area contributed by atoms with Gasteiger partial charge in [0.05, 0.1) is 6.54 Å². The van der Waals surface area contributed by atoms with E-state index in [1.807, 2.05) is 55.6 Å². The normalized spacial score (nSPS) is 11.1. The van der Waals surface area contributed by atoms with E-state index in [0.29, 0.717) is 13.1 Å². The van der Waals surface area contributed by atoms with Gasteiger partial charge in [-0.2, -0.15) is 0 Å². The molecule has 0 aliphatic rings. The maximum absolute atomic E-state index is 12.3. The highest BCUT2D eigenvalue weighted by molar-refractivity contribution is 5.81. The summed E-state index contributed by atoms with van der Waals surface area (Å²) >= 11 is 0. The van der Waals surface area contributed by atoms with Crippen molar-refractivity contribution in [3.63, 3.8) is 0 Å². The molecule has 0 aromatic heterocycles. The average Bonchev–Trinajstić information content (AvgIpc) is 2.53. The third-order valence-corrected chi connectivity index (χ3v) is 3.85. The summed E-state index contributed by atoms with van der Waals surface area (Å²) in [4.78, 5) is 14.1. The fourth-order valence-corrected chi connectivity index (χ4v) is 2.54. The van der Waals surface area contributed by atoms with E-state index in [-0.39, 0.29) is 11.3 Å². The number of anilines is 1. The Bertz CT molecular complexity index is 644. The second-order valence-corrected chi connectivity index (χ2v) is 6.88. The summed E-state index contributed by atoms with van der Waals surface area (Å²) in [7, 11) is 1.84. The van der Waals surface area contributed by atoms with Crippen molar-refractivity contribution in [2.24, 2.45) is 0 Å². The SMILES string of the molecule is CN(Cc1ccccc1)C(=O)CNc1ccccc1C(C)(C)C. The Labute approximate surface area is 139 Å². The molecule has 0 heterocycles. The first-order valence-electron chi connectivity index (χ1n) is 7.99. The minimum absolute atomic E-state index is 0.0442. The van der Waals surface area contributed by atoms with Crippen molar-refractivity contribution in [2.45, 2.75) is 32.7 Å². The quantitative estimate of drug-likeness (QED) is 0.903. The maximum Gasteiger partial charge on any atom is 0.241 e. The van der Waals surface area contributed by atoms with Crippen LogP contribution in [0.4, 0.5) is 5.69 Å². The van der Waals surface area contributed by atoms with E-state index in [1.165, 1.54) is 5.56 Å². The Hall–Kier alpha value is -2.29. The number of carbonyl (C=O) groups is 1. The molecule has 1 amide bonds. The Balaban J connectivity index is 1.97. The molecule has 0 saturated carbocycles. The smallest absolute Gasteiger partial charge is 0.241 e. The van der Waals surface area contributed by atoms with Crippen molar-refractivity contribution >= 4 is 11.6 Å². The fourth-order valence-electron chi connectivity index (χ4n) is 2.54. The zero-order valence-electron chi connectivity index (χ0n) is 14.5. The van der Waals surface area contributed by atoms with Crippen molar-refractivity contribution in [3.05, 3.63) is 65.7 Å². The third-order valence-electron chi connectivity index (χ3n) is 3.85. The lowest BCUT2D eigenvalue weighted by molar-refractivity contribution is -0.128. The van der Waals surface area contributed by atoms with Crippen molar-refractivity contribution in [1.82, 2.24) is 4.90 Å². The lowest BCUT2D eigenvalue weighted by Crippen LogP contribution is -2.32. The van der Waals surface area contributed by atoms with Gasteiger partial charge in [0.2, 0.25) is 5.91 Å². The topological polar surface area (TPSA) is 32.3 Å². The monoisotopic (exact) mass is 310 g/mol. The second kappa shape index (κ2) is 7.32. The number of rotatable bonds is 5. The first kappa shape index (κ1) is 17.1. The zero-order valence-corrected chi connectivity index (χ0v) is 14.5. The Morgan fingerprint density at radius 3 is 2.26 bits per heavy atom. The Morgan fingerprint density at radius 2 is 1.61 bits per heavy atom. The molecule has 0 unspecified atom stereocenters. The molecule has 2 aromatic carbocycles. The summed E-state index contributed by atoms with van der Waals surface area (Å²) in [5, 5.41) is 3.30. The van der Waals surface area contributed by atoms with Crippen LogP contribution in [0.15, 0.2) is 54.6 Å². The lowest BCUT2D eigenvalue weighted by Gasteiger charge is -2.24. The minimum Gasteiger partial charge on any atom is -0.376 e. The Morgan fingerprint density at radius 1 is 1.00 bits per heavy atom. The number of likely N-dealkylation sites (N-methyl/N-ethyl adjacent to an activating group) is 1. The maximum atomic E-state index is 12.3. The average molecular weight is 310 g/mol. The van der Waals surface area contributed by atoms with Crippen molar-refractivity contribution < 1.29 is 4.79 Å². The molecular formula is C20H26N2O. The van der Waals surface area contributed by atoms with Gasteiger partial charge < -0.3 is 10.2 Å². The molecule has 2 aromatic rings. The van der Waals surface area contributed by atoms with Gasteiger partial charge in [-0.25, -0.2) is 0 Å². The highest BCUT2D eigenvalue weighted by atomic mass is 16.2. The first-order valence-corrected chi connectivity index (χ1v) is 7.99. The molecule has 2 rings (SSSR count). The Kier molecular flexibility index (Phi) is 5.43. The number of carbonyl (C=O) groups excluding carboxylic acids is 1. The molecule has 3 heteroatoms. The van der Waals surface area contributed by atoms with Gasteiger partial charge in [0.15, 0.2) is 0 Å². The molecule has 0 radical (unpaired) electrons. The fraction of sp³-hybridized carbons (Fsp3) is 0.350. The van der Waals surface area contributed by atoms with E-state index in [1.54, 1.807) is 4.90 Å². The van der Waals surface area contributed by atoms with Gasteiger partial charge >= 0.3 is 0 Å². The van der Waals surface area contributed by atoms with Gasteiger partial charge in [-0.3, -0.25) is 4.79 Å². The number of hydrogen-bond acceptors (Lipinski definition) is 2. The molecule has 1 N–H and O–H groups in total. The van der Waals surface area contributed by atoms with Gasteiger partial charge in [-0.1, -0.05) is 69.3 Å². The molecule has 0 aliphatic carbocycles. The summed E-state index contributed by atoms with van der Waals surface area (Å²) in [6.45, 7) is 7.46. The third kappa shape index (κ3) is 4.85. The number of nitrogens with zero attached hydrogens (tertiary/aromatic N) is 1. The summed E-state index contributed by atoms with van der Waals surface area (Å²) in [6, 6.07) is 18.2. The number of nitrogens with one attached hydrogen (secondary N) is 1. The van der Waals surface area contributed by atoms with Crippen LogP contribution in [0.5, 0.6) is 0 Å². The molecule has 3 nitrogen and oxygen atoms in total. The molecule has 122 valence electrons. The van der Waals surface area contributed by atoms with Crippen LogP contribution < -0.4 is 5.32 Å². The standard InChI is InChI=1S/C20H26N2O/c1-20(2,3)17-12-8-9-13-18(17)21-14-19(23)22(4)15-16-10-6-5-7-11-16/h5-13,21H,14-15H2,1-4H3.